The molecule has 3 aromatic rings. The minimum atomic E-state index is -0.233. The second-order valence-corrected chi connectivity index (χ2v) is 4.17. The predicted octanol–water partition coefficient (Wildman–Crippen LogP) is 3.30. The van der Waals surface area contributed by atoms with Gasteiger partial charge in [0.1, 0.15) is 5.58 Å². The second-order valence-electron chi connectivity index (χ2n) is 4.17. The summed E-state index contributed by atoms with van der Waals surface area (Å²) < 4.78 is 10.1. The maximum atomic E-state index is 11.5. The first-order chi connectivity index (χ1) is 8.79. The molecular formula is C15H12O3. The zero-order chi connectivity index (χ0) is 12.5. The molecular weight excluding hydrogens is 228 g/mol. The van der Waals surface area contributed by atoms with E-state index in [1.54, 1.807) is 6.26 Å². The molecule has 0 atom stereocenters. The van der Waals surface area contributed by atoms with Crippen molar-refractivity contribution in [3.63, 3.8) is 0 Å². The zero-order valence-corrected chi connectivity index (χ0v) is 9.97. The lowest BCUT2D eigenvalue weighted by molar-refractivity contribution is -0.139. The number of esters is 1. The highest BCUT2D eigenvalue weighted by molar-refractivity contribution is 6.08. The highest BCUT2D eigenvalue weighted by Crippen LogP contribution is 2.29. The average molecular weight is 240 g/mol. The van der Waals surface area contributed by atoms with Gasteiger partial charge in [-0.15, -0.1) is 0 Å². The molecule has 1 heterocycles. The fourth-order valence-electron chi connectivity index (χ4n) is 2.28. The monoisotopic (exact) mass is 240 g/mol. The Hall–Kier alpha value is -2.29. The van der Waals surface area contributed by atoms with Gasteiger partial charge < -0.3 is 9.15 Å². The van der Waals surface area contributed by atoms with Crippen LogP contribution >= 0.6 is 0 Å². The van der Waals surface area contributed by atoms with Gasteiger partial charge >= 0.3 is 5.97 Å². The Morgan fingerprint density at radius 3 is 2.94 bits per heavy atom. The number of benzene rings is 2. The van der Waals surface area contributed by atoms with Gasteiger partial charge in [0.2, 0.25) is 0 Å². The van der Waals surface area contributed by atoms with Gasteiger partial charge in [0.15, 0.2) is 0 Å². The van der Waals surface area contributed by atoms with E-state index in [1.165, 1.54) is 7.11 Å². The first-order valence-electron chi connectivity index (χ1n) is 5.74. The molecule has 0 saturated heterocycles. The van der Waals surface area contributed by atoms with E-state index in [0.29, 0.717) is 0 Å². The number of carbonyl (C=O) groups excluding carboxylic acids is 1. The topological polar surface area (TPSA) is 39.4 Å². The Labute approximate surface area is 104 Å². The van der Waals surface area contributed by atoms with E-state index >= 15 is 0 Å². The van der Waals surface area contributed by atoms with Crippen LogP contribution in [0.3, 0.4) is 0 Å². The Bertz CT molecular complexity index is 725. The number of methoxy groups -OCH3 is 1. The standard InChI is InChI=1S/C15H12O3/c1-17-14(16)9-11-4-2-3-10-5-6-13-12(15(10)11)7-8-18-13/h2-8H,9H2,1H3. The van der Waals surface area contributed by atoms with Crippen LogP contribution in [0.4, 0.5) is 0 Å². The van der Waals surface area contributed by atoms with Crippen LogP contribution in [0.25, 0.3) is 21.7 Å². The van der Waals surface area contributed by atoms with Crippen molar-refractivity contribution in [2.24, 2.45) is 0 Å². The Morgan fingerprint density at radius 1 is 1.22 bits per heavy atom. The normalized spacial score (nSPS) is 10.9. The molecule has 0 unspecified atom stereocenters. The van der Waals surface area contributed by atoms with E-state index in [1.807, 2.05) is 36.4 Å². The highest BCUT2D eigenvalue weighted by atomic mass is 16.5. The van der Waals surface area contributed by atoms with Crippen molar-refractivity contribution in [1.82, 2.24) is 0 Å². The number of hydrogen-bond acceptors (Lipinski definition) is 3. The zero-order valence-electron chi connectivity index (χ0n) is 9.97. The van der Waals surface area contributed by atoms with Gasteiger partial charge in [-0.1, -0.05) is 24.3 Å². The fourth-order valence-corrected chi connectivity index (χ4v) is 2.28. The molecule has 0 N–H and O–H groups in total. The molecule has 0 aliphatic rings. The molecule has 0 bridgehead atoms. The van der Waals surface area contributed by atoms with Gasteiger partial charge in [0, 0.05) is 5.39 Å². The van der Waals surface area contributed by atoms with Crippen LogP contribution in [0.15, 0.2) is 47.1 Å². The lowest BCUT2D eigenvalue weighted by atomic mass is 9.99. The molecule has 0 saturated carbocycles. The van der Waals surface area contributed by atoms with Crippen molar-refractivity contribution >= 4 is 27.7 Å². The number of rotatable bonds is 2. The van der Waals surface area contributed by atoms with Crippen LogP contribution < -0.4 is 0 Å². The van der Waals surface area contributed by atoms with Crippen LogP contribution in [0.1, 0.15) is 5.56 Å². The average Bonchev–Trinajstić information content (AvgIpc) is 2.87. The Kier molecular flexibility index (Phi) is 2.52. The molecule has 0 spiro atoms. The van der Waals surface area contributed by atoms with E-state index < -0.39 is 0 Å². The fraction of sp³-hybridized carbons (Fsp3) is 0.133. The summed E-state index contributed by atoms with van der Waals surface area (Å²) in [5, 5.41) is 3.20. The lowest BCUT2D eigenvalue weighted by Crippen LogP contribution is -2.04. The summed E-state index contributed by atoms with van der Waals surface area (Å²) in [4.78, 5) is 11.5. The Morgan fingerprint density at radius 2 is 2.11 bits per heavy atom. The molecule has 2 aromatic carbocycles. The van der Waals surface area contributed by atoms with Gasteiger partial charge in [-0.05, 0) is 28.5 Å². The smallest absolute Gasteiger partial charge is 0.310 e. The summed E-state index contributed by atoms with van der Waals surface area (Å²) in [6.45, 7) is 0. The number of carbonyl (C=O) groups is 1. The SMILES string of the molecule is COC(=O)Cc1cccc2ccc3occc3c12. The first-order valence-corrected chi connectivity index (χ1v) is 5.74. The van der Waals surface area contributed by atoms with Crippen molar-refractivity contribution in [3.8, 4) is 0 Å². The summed E-state index contributed by atoms with van der Waals surface area (Å²) >= 11 is 0. The number of fused-ring (bicyclic) bond motifs is 3. The molecule has 90 valence electrons. The summed E-state index contributed by atoms with van der Waals surface area (Å²) in [5.74, 6) is -0.233. The maximum absolute atomic E-state index is 11.5. The van der Waals surface area contributed by atoms with Crippen LogP contribution in [0.2, 0.25) is 0 Å². The summed E-state index contributed by atoms with van der Waals surface area (Å²) in [6.07, 6.45) is 1.94. The van der Waals surface area contributed by atoms with Gasteiger partial charge in [-0.3, -0.25) is 4.79 Å². The van der Waals surface area contributed by atoms with Crippen LogP contribution in [0, 0.1) is 0 Å². The third-order valence-corrected chi connectivity index (χ3v) is 3.12. The second kappa shape index (κ2) is 4.18. The number of hydrogen-bond donors (Lipinski definition) is 0. The van der Waals surface area contributed by atoms with E-state index in [9.17, 15) is 4.79 Å². The van der Waals surface area contributed by atoms with Gasteiger partial charge in [0.25, 0.3) is 0 Å². The molecule has 3 nitrogen and oxygen atoms in total. The van der Waals surface area contributed by atoms with Crippen molar-refractivity contribution < 1.29 is 13.9 Å². The molecule has 1 aromatic heterocycles. The van der Waals surface area contributed by atoms with Crippen LogP contribution in [0.5, 0.6) is 0 Å². The van der Waals surface area contributed by atoms with E-state index in [0.717, 1.165) is 27.3 Å². The van der Waals surface area contributed by atoms with Crippen LogP contribution in [-0.4, -0.2) is 13.1 Å². The van der Waals surface area contributed by atoms with Crippen LogP contribution in [-0.2, 0) is 16.0 Å². The van der Waals surface area contributed by atoms with Crippen molar-refractivity contribution in [1.29, 1.82) is 0 Å². The van der Waals surface area contributed by atoms with Crippen molar-refractivity contribution in [3.05, 3.63) is 48.2 Å². The Balaban J connectivity index is 2.29. The molecule has 0 aliphatic heterocycles. The van der Waals surface area contributed by atoms with Gasteiger partial charge in [-0.25, -0.2) is 0 Å². The first kappa shape index (κ1) is 10.8. The van der Waals surface area contributed by atoms with Crippen molar-refractivity contribution in [2.75, 3.05) is 7.11 Å². The number of furan rings is 1. The van der Waals surface area contributed by atoms with E-state index in [2.05, 4.69) is 0 Å². The third kappa shape index (κ3) is 1.64. The minimum Gasteiger partial charge on any atom is -0.469 e. The molecule has 0 aliphatic carbocycles. The molecule has 18 heavy (non-hydrogen) atoms. The van der Waals surface area contributed by atoms with E-state index in [4.69, 9.17) is 9.15 Å². The van der Waals surface area contributed by atoms with E-state index in [-0.39, 0.29) is 12.4 Å². The molecule has 0 fully saturated rings. The van der Waals surface area contributed by atoms with Gasteiger partial charge in [0.05, 0.1) is 19.8 Å². The molecule has 0 amide bonds. The summed E-state index contributed by atoms with van der Waals surface area (Å²) in [7, 11) is 1.40. The third-order valence-electron chi connectivity index (χ3n) is 3.12. The quantitative estimate of drug-likeness (QED) is 0.645. The minimum absolute atomic E-state index is 0.233. The predicted molar refractivity (Wildman–Crippen MR) is 69.4 cm³/mol. The summed E-state index contributed by atoms with van der Waals surface area (Å²) in [6, 6.07) is 11.8. The molecule has 3 heteroatoms. The maximum Gasteiger partial charge on any atom is 0.310 e. The van der Waals surface area contributed by atoms with Gasteiger partial charge in [-0.2, -0.15) is 0 Å². The largest absolute Gasteiger partial charge is 0.469 e. The van der Waals surface area contributed by atoms with Crippen molar-refractivity contribution in [2.45, 2.75) is 6.42 Å². The molecule has 0 radical (unpaired) electrons. The lowest BCUT2D eigenvalue weighted by Gasteiger charge is -2.06. The highest BCUT2D eigenvalue weighted by Gasteiger charge is 2.10. The number of ether oxygens (including phenoxy) is 1. The molecule has 3 rings (SSSR count). The summed E-state index contributed by atoms with van der Waals surface area (Å²) in [5.41, 5.74) is 1.80.